The van der Waals surface area contributed by atoms with Gasteiger partial charge in [0.25, 0.3) is 0 Å². The van der Waals surface area contributed by atoms with Crippen molar-refractivity contribution >= 4 is 11.8 Å². The van der Waals surface area contributed by atoms with Gasteiger partial charge in [-0.2, -0.15) is 0 Å². The third-order valence-electron chi connectivity index (χ3n) is 6.91. The summed E-state index contributed by atoms with van der Waals surface area (Å²) in [6, 6.07) is 0.590. The molecule has 2 amide bonds. The van der Waals surface area contributed by atoms with E-state index in [0.717, 1.165) is 23.7 Å². The third-order valence-corrected chi connectivity index (χ3v) is 6.91. The zero-order chi connectivity index (χ0) is 15.4. The van der Waals surface area contributed by atoms with Gasteiger partial charge in [0.05, 0.1) is 5.92 Å². The van der Waals surface area contributed by atoms with E-state index in [0.29, 0.717) is 19.0 Å². The summed E-state index contributed by atoms with van der Waals surface area (Å²) < 4.78 is 0. The summed E-state index contributed by atoms with van der Waals surface area (Å²) in [5, 5.41) is 3.33. The largest absolute Gasteiger partial charge is 0.353 e. The Bertz CT molecular complexity index is 489. The number of carbonyl (C=O) groups is 2. The number of amides is 2. The molecule has 6 atom stereocenters. The Kier molecular flexibility index (Phi) is 3.46. The molecule has 0 unspecified atom stereocenters. The molecule has 1 aliphatic heterocycles. The highest BCUT2D eigenvalue weighted by Crippen LogP contribution is 2.58. The van der Waals surface area contributed by atoms with Gasteiger partial charge in [-0.3, -0.25) is 9.59 Å². The zero-order valence-corrected chi connectivity index (χ0v) is 13.8. The van der Waals surface area contributed by atoms with E-state index < -0.39 is 0 Å². The van der Waals surface area contributed by atoms with E-state index in [1.54, 1.807) is 0 Å². The van der Waals surface area contributed by atoms with Crippen molar-refractivity contribution in [2.75, 3.05) is 6.54 Å². The standard InChI is InChI=1S/C18H28N2O2/c1-10(2)20-9-12(8-17(20)21)18(22)19-16-7-11-6-15(16)14-5-3-4-13(11)14/h10-16H,3-9H2,1-2H3,(H,19,22)/t11-,12-,13+,14-,15+,16-/m1/s1. The molecule has 1 heterocycles. The highest BCUT2D eigenvalue weighted by Gasteiger charge is 2.54. The Labute approximate surface area is 133 Å². The number of fused-ring (bicyclic) bond motifs is 5. The summed E-state index contributed by atoms with van der Waals surface area (Å²) in [5.41, 5.74) is 0. The summed E-state index contributed by atoms with van der Waals surface area (Å²) in [5.74, 6) is 3.56. The topological polar surface area (TPSA) is 49.4 Å². The van der Waals surface area contributed by atoms with Crippen molar-refractivity contribution in [1.82, 2.24) is 10.2 Å². The highest BCUT2D eigenvalue weighted by molar-refractivity contribution is 5.89. The van der Waals surface area contributed by atoms with Crippen LogP contribution in [0.3, 0.4) is 0 Å². The molecule has 4 rings (SSSR count). The van der Waals surface area contributed by atoms with Gasteiger partial charge in [0, 0.05) is 25.0 Å². The molecule has 122 valence electrons. The minimum Gasteiger partial charge on any atom is -0.353 e. The summed E-state index contributed by atoms with van der Waals surface area (Å²) in [4.78, 5) is 26.4. The number of hydrogen-bond acceptors (Lipinski definition) is 2. The molecule has 0 spiro atoms. The fraction of sp³-hybridized carbons (Fsp3) is 0.889. The van der Waals surface area contributed by atoms with Gasteiger partial charge in [0.15, 0.2) is 0 Å². The van der Waals surface area contributed by atoms with Crippen molar-refractivity contribution in [1.29, 1.82) is 0 Å². The molecule has 2 bridgehead atoms. The second-order valence-electron chi connectivity index (χ2n) is 8.31. The lowest BCUT2D eigenvalue weighted by Crippen LogP contribution is -2.45. The van der Waals surface area contributed by atoms with Crippen molar-refractivity contribution in [3.8, 4) is 0 Å². The molecule has 1 N–H and O–H groups in total. The van der Waals surface area contributed by atoms with Gasteiger partial charge in [-0.25, -0.2) is 0 Å². The van der Waals surface area contributed by atoms with Crippen molar-refractivity contribution < 1.29 is 9.59 Å². The molecular formula is C18H28N2O2. The van der Waals surface area contributed by atoms with Crippen LogP contribution >= 0.6 is 0 Å². The van der Waals surface area contributed by atoms with Gasteiger partial charge >= 0.3 is 0 Å². The predicted octanol–water partition coefficient (Wildman–Crippen LogP) is 2.18. The van der Waals surface area contributed by atoms with E-state index in [4.69, 9.17) is 0 Å². The molecule has 0 aromatic heterocycles. The average molecular weight is 304 g/mol. The Morgan fingerprint density at radius 2 is 1.95 bits per heavy atom. The number of hydrogen-bond donors (Lipinski definition) is 1. The quantitative estimate of drug-likeness (QED) is 0.869. The lowest BCUT2D eigenvalue weighted by Gasteiger charge is -2.32. The fourth-order valence-electron chi connectivity index (χ4n) is 5.94. The van der Waals surface area contributed by atoms with Gasteiger partial charge in [-0.1, -0.05) is 6.42 Å². The smallest absolute Gasteiger partial charge is 0.225 e. The van der Waals surface area contributed by atoms with Crippen molar-refractivity contribution in [3.63, 3.8) is 0 Å². The molecule has 0 radical (unpaired) electrons. The summed E-state index contributed by atoms with van der Waals surface area (Å²) >= 11 is 0. The minimum absolute atomic E-state index is 0.128. The summed E-state index contributed by atoms with van der Waals surface area (Å²) in [6.45, 7) is 4.65. The molecule has 0 aromatic carbocycles. The molecule has 1 saturated heterocycles. The van der Waals surface area contributed by atoms with Gasteiger partial charge in [-0.15, -0.1) is 0 Å². The minimum atomic E-state index is -0.131. The maximum Gasteiger partial charge on any atom is 0.225 e. The van der Waals surface area contributed by atoms with E-state index in [9.17, 15) is 9.59 Å². The van der Waals surface area contributed by atoms with Gasteiger partial charge < -0.3 is 10.2 Å². The zero-order valence-electron chi connectivity index (χ0n) is 13.8. The Morgan fingerprint density at radius 3 is 2.68 bits per heavy atom. The fourth-order valence-corrected chi connectivity index (χ4v) is 5.94. The van der Waals surface area contributed by atoms with Crippen LogP contribution in [0.25, 0.3) is 0 Å². The molecule has 0 aromatic rings. The number of likely N-dealkylation sites (tertiary alicyclic amines) is 1. The van der Waals surface area contributed by atoms with Gasteiger partial charge in [-0.05, 0) is 63.2 Å². The molecular weight excluding hydrogens is 276 g/mol. The number of rotatable bonds is 3. The van der Waals surface area contributed by atoms with E-state index in [1.165, 1.54) is 32.1 Å². The van der Waals surface area contributed by atoms with Crippen molar-refractivity contribution in [2.45, 2.75) is 64.5 Å². The Balaban J connectivity index is 1.37. The van der Waals surface area contributed by atoms with Gasteiger partial charge in [0.2, 0.25) is 11.8 Å². The van der Waals surface area contributed by atoms with Crippen LogP contribution in [0.1, 0.15) is 52.4 Å². The first kappa shape index (κ1) is 14.5. The van der Waals surface area contributed by atoms with E-state index in [2.05, 4.69) is 5.32 Å². The van der Waals surface area contributed by atoms with Crippen molar-refractivity contribution in [2.24, 2.45) is 29.6 Å². The van der Waals surface area contributed by atoms with E-state index in [1.807, 2.05) is 18.7 Å². The predicted molar refractivity (Wildman–Crippen MR) is 83.9 cm³/mol. The molecule has 4 fully saturated rings. The second kappa shape index (κ2) is 5.24. The molecule has 4 heteroatoms. The first-order valence-electron chi connectivity index (χ1n) is 9.14. The maximum absolute atomic E-state index is 12.6. The number of carbonyl (C=O) groups excluding carboxylic acids is 2. The highest BCUT2D eigenvalue weighted by atomic mass is 16.2. The van der Waals surface area contributed by atoms with Crippen LogP contribution in [-0.4, -0.2) is 35.3 Å². The molecule has 3 aliphatic carbocycles. The second-order valence-corrected chi connectivity index (χ2v) is 8.31. The molecule has 22 heavy (non-hydrogen) atoms. The van der Waals surface area contributed by atoms with Crippen LogP contribution in [0, 0.1) is 29.6 Å². The molecule has 3 saturated carbocycles. The van der Waals surface area contributed by atoms with Crippen LogP contribution < -0.4 is 5.32 Å². The molecule has 4 nitrogen and oxygen atoms in total. The molecule has 4 aliphatic rings. The maximum atomic E-state index is 12.6. The normalized spacial score (nSPS) is 43.2. The van der Waals surface area contributed by atoms with Gasteiger partial charge in [0.1, 0.15) is 0 Å². The third kappa shape index (κ3) is 2.17. The van der Waals surface area contributed by atoms with Crippen LogP contribution in [0.15, 0.2) is 0 Å². The Morgan fingerprint density at radius 1 is 1.18 bits per heavy atom. The number of nitrogens with zero attached hydrogens (tertiary/aromatic N) is 1. The Hall–Kier alpha value is -1.06. The SMILES string of the molecule is CC(C)N1C[C@H](C(=O)N[C@@H]2C[C@H]3C[C@H]2[C@@H]2CCC[C@@H]32)CC1=O. The van der Waals surface area contributed by atoms with Crippen LogP contribution in [0.2, 0.25) is 0 Å². The van der Waals surface area contributed by atoms with Crippen molar-refractivity contribution in [3.05, 3.63) is 0 Å². The average Bonchev–Trinajstić information content (AvgIpc) is 3.17. The monoisotopic (exact) mass is 304 g/mol. The van der Waals surface area contributed by atoms with E-state index in [-0.39, 0.29) is 23.8 Å². The van der Waals surface area contributed by atoms with Crippen LogP contribution in [0.4, 0.5) is 0 Å². The summed E-state index contributed by atoms with van der Waals surface area (Å²) in [7, 11) is 0. The lowest BCUT2D eigenvalue weighted by atomic mass is 9.79. The number of nitrogens with one attached hydrogen (secondary N) is 1. The first-order chi connectivity index (χ1) is 10.5. The first-order valence-corrected chi connectivity index (χ1v) is 9.14. The summed E-state index contributed by atoms with van der Waals surface area (Å²) in [6.07, 6.45) is 7.11. The lowest BCUT2D eigenvalue weighted by molar-refractivity contribution is -0.130. The van der Waals surface area contributed by atoms with Crippen LogP contribution in [-0.2, 0) is 9.59 Å². The van der Waals surface area contributed by atoms with E-state index >= 15 is 0 Å². The van der Waals surface area contributed by atoms with Crippen LogP contribution in [0.5, 0.6) is 0 Å².